The van der Waals surface area contributed by atoms with Gasteiger partial charge in [0.05, 0.1) is 19.3 Å². The van der Waals surface area contributed by atoms with Crippen molar-refractivity contribution in [3.05, 3.63) is 29.8 Å². The molecule has 1 fully saturated rings. The van der Waals surface area contributed by atoms with Crippen molar-refractivity contribution in [3.63, 3.8) is 0 Å². The van der Waals surface area contributed by atoms with E-state index >= 15 is 0 Å². The van der Waals surface area contributed by atoms with E-state index in [0.717, 1.165) is 12.4 Å². The van der Waals surface area contributed by atoms with Crippen molar-refractivity contribution in [1.82, 2.24) is 5.48 Å². The average molecular weight is 191 g/mol. The minimum absolute atomic E-state index is 0.0777. The van der Waals surface area contributed by atoms with Gasteiger partial charge in [0.2, 0.25) is 0 Å². The van der Waals surface area contributed by atoms with Gasteiger partial charge in [0.25, 0.3) is 0 Å². The van der Waals surface area contributed by atoms with Crippen LogP contribution in [0.25, 0.3) is 0 Å². The van der Waals surface area contributed by atoms with Crippen molar-refractivity contribution < 1.29 is 9.57 Å². The van der Waals surface area contributed by atoms with Crippen LogP contribution in [0, 0.1) is 5.41 Å². The van der Waals surface area contributed by atoms with Gasteiger partial charge in [-0.1, -0.05) is 25.1 Å². The van der Waals surface area contributed by atoms with Crippen LogP contribution < -0.4 is 10.2 Å². The van der Waals surface area contributed by atoms with Gasteiger partial charge in [-0.3, -0.25) is 0 Å². The Balaban J connectivity index is 2.10. The van der Waals surface area contributed by atoms with E-state index in [4.69, 9.17) is 9.57 Å². The summed E-state index contributed by atoms with van der Waals surface area (Å²) in [6.07, 6.45) is 0. The normalized spacial score (nSPS) is 34.5. The first-order valence-corrected chi connectivity index (χ1v) is 4.89. The lowest BCUT2D eigenvalue weighted by atomic mass is 9.79. The number of hydroxylamine groups is 1. The maximum atomic E-state index is 5.72. The number of para-hydroxylation sites is 1. The van der Waals surface area contributed by atoms with E-state index in [2.05, 4.69) is 18.5 Å². The molecule has 3 heteroatoms. The summed E-state index contributed by atoms with van der Waals surface area (Å²) in [5, 5.41) is 0. The van der Waals surface area contributed by atoms with Crippen LogP contribution in [-0.2, 0) is 4.84 Å². The van der Waals surface area contributed by atoms with Gasteiger partial charge in [-0.25, -0.2) is 0 Å². The summed E-state index contributed by atoms with van der Waals surface area (Å²) < 4.78 is 5.72. The molecule has 2 heterocycles. The Labute approximate surface area is 83.0 Å². The van der Waals surface area contributed by atoms with Crippen molar-refractivity contribution >= 4 is 0 Å². The number of ether oxygens (including phenoxy) is 1. The summed E-state index contributed by atoms with van der Waals surface area (Å²) in [4.78, 5) is 5.32. The molecule has 3 rings (SSSR count). The fourth-order valence-electron chi connectivity index (χ4n) is 2.17. The Kier molecular flexibility index (Phi) is 1.60. The zero-order chi connectivity index (χ0) is 9.60. The Morgan fingerprint density at radius 2 is 2.21 bits per heavy atom. The van der Waals surface area contributed by atoms with E-state index < -0.39 is 0 Å². The molecule has 14 heavy (non-hydrogen) atoms. The molecule has 2 atom stereocenters. The SMILES string of the molecule is C[C@]12CON[C@H]1c1ccccc1OC2. The zero-order valence-corrected chi connectivity index (χ0v) is 8.12. The van der Waals surface area contributed by atoms with Crippen molar-refractivity contribution in [1.29, 1.82) is 0 Å². The largest absolute Gasteiger partial charge is 0.493 e. The van der Waals surface area contributed by atoms with E-state index in [1.165, 1.54) is 5.56 Å². The molecule has 0 aromatic heterocycles. The van der Waals surface area contributed by atoms with Crippen LogP contribution in [-0.4, -0.2) is 13.2 Å². The van der Waals surface area contributed by atoms with Gasteiger partial charge in [0, 0.05) is 11.0 Å². The summed E-state index contributed by atoms with van der Waals surface area (Å²) in [5.74, 6) is 0.980. The summed E-state index contributed by atoms with van der Waals surface area (Å²) in [7, 11) is 0. The quantitative estimate of drug-likeness (QED) is 0.676. The summed E-state index contributed by atoms with van der Waals surface area (Å²) in [6, 6.07) is 8.41. The first-order chi connectivity index (χ1) is 6.80. The molecule has 1 saturated heterocycles. The highest BCUT2D eigenvalue weighted by Crippen LogP contribution is 2.45. The number of hydrogen-bond acceptors (Lipinski definition) is 3. The molecule has 3 nitrogen and oxygen atoms in total. The summed E-state index contributed by atoms with van der Waals surface area (Å²) in [5.41, 5.74) is 4.36. The second-order valence-corrected chi connectivity index (χ2v) is 4.32. The summed E-state index contributed by atoms with van der Waals surface area (Å²) >= 11 is 0. The molecule has 2 aliphatic rings. The van der Waals surface area contributed by atoms with Crippen LogP contribution in [0.2, 0.25) is 0 Å². The van der Waals surface area contributed by atoms with E-state index in [-0.39, 0.29) is 11.5 Å². The van der Waals surface area contributed by atoms with Crippen LogP contribution in [0.5, 0.6) is 5.75 Å². The number of rotatable bonds is 0. The highest BCUT2D eigenvalue weighted by Gasteiger charge is 2.45. The van der Waals surface area contributed by atoms with Gasteiger partial charge in [-0.2, -0.15) is 5.48 Å². The number of fused-ring (bicyclic) bond motifs is 3. The van der Waals surface area contributed by atoms with E-state index in [1.54, 1.807) is 0 Å². The predicted octanol–water partition coefficient (Wildman–Crippen LogP) is 1.66. The van der Waals surface area contributed by atoms with Crippen LogP contribution in [0.15, 0.2) is 24.3 Å². The van der Waals surface area contributed by atoms with Crippen LogP contribution in [0.1, 0.15) is 18.5 Å². The van der Waals surface area contributed by atoms with Gasteiger partial charge in [-0.15, -0.1) is 0 Å². The van der Waals surface area contributed by atoms with Crippen molar-refractivity contribution in [2.45, 2.75) is 13.0 Å². The molecular weight excluding hydrogens is 178 g/mol. The standard InChI is InChI=1S/C11H13NO2/c1-11-6-13-9-5-3-2-4-8(9)10(11)12-14-7-11/h2-5,10,12H,6-7H2,1H3/t10-,11-/m0/s1. The highest BCUT2D eigenvalue weighted by atomic mass is 16.7. The number of nitrogens with one attached hydrogen (secondary N) is 1. The van der Waals surface area contributed by atoms with Crippen LogP contribution in [0.4, 0.5) is 0 Å². The van der Waals surface area contributed by atoms with Crippen LogP contribution in [0.3, 0.4) is 0 Å². The van der Waals surface area contributed by atoms with Crippen LogP contribution >= 0.6 is 0 Å². The molecule has 0 spiro atoms. The molecule has 0 aliphatic carbocycles. The molecule has 0 radical (unpaired) electrons. The highest BCUT2D eigenvalue weighted by molar-refractivity contribution is 5.39. The zero-order valence-electron chi connectivity index (χ0n) is 8.12. The Morgan fingerprint density at radius 3 is 3.14 bits per heavy atom. The van der Waals surface area contributed by atoms with E-state index in [0.29, 0.717) is 6.61 Å². The van der Waals surface area contributed by atoms with Crippen molar-refractivity contribution in [2.24, 2.45) is 5.41 Å². The predicted molar refractivity (Wildman–Crippen MR) is 51.9 cm³/mol. The number of hydrogen-bond donors (Lipinski definition) is 1. The van der Waals surface area contributed by atoms with Gasteiger partial charge < -0.3 is 9.57 Å². The van der Waals surface area contributed by atoms with Gasteiger partial charge >= 0.3 is 0 Å². The minimum Gasteiger partial charge on any atom is -0.493 e. The topological polar surface area (TPSA) is 30.5 Å². The van der Waals surface area contributed by atoms with E-state index in [1.807, 2.05) is 18.2 Å². The number of benzene rings is 1. The second-order valence-electron chi connectivity index (χ2n) is 4.32. The smallest absolute Gasteiger partial charge is 0.124 e. The van der Waals surface area contributed by atoms with Gasteiger partial charge in [0.15, 0.2) is 0 Å². The fourth-order valence-corrected chi connectivity index (χ4v) is 2.17. The lowest BCUT2D eigenvalue weighted by Crippen LogP contribution is -2.37. The first-order valence-electron chi connectivity index (χ1n) is 4.89. The van der Waals surface area contributed by atoms with Crippen molar-refractivity contribution in [3.8, 4) is 5.75 Å². The molecule has 1 aromatic carbocycles. The maximum Gasteiger partial charge on any atom is 0.124 e. The van der Waals surface area contributed by atoms with Gasteiger partial charge in [0.1, 0.15) is 5.75 Å². The Morgan fingerprint density at radius 1 is 1.36 bits per heavy atom. The second kappa shape index (κ2) is 2.72. The molecule has 0 unspecified atom stereocenters. The third-order valence-corrected chi connectivity index (χ3v) is 3.09. The molecule has 1 N–H and O–H groups in total. The first kappa shape index (κ1) is 8.26. The van der Waals surface area contributed by atoms with Crippen molar-refractivity contribution in [2.75, 3.05) is 13.2 Å². The average Bonchev–Trinajstić information content (AvgIpc) is 2.60. The lowest BCUT2D eigenvalue weighted by Gasteiger charge is -2.34. The molecule has 0 amide bonds. The Bertz CT molecular complexity index is 366. The molecule has 2 aliphatic heterocycles. The molecular formula is C11H13NO2. The Hall–Kier alpha value is -1.06. The monoisotopic (exact) mass is 191 g/mol. The lowest BCUT2D eigenvalue weighted by molar-refractivity contribution is 0.0755. The fraction of sp³-hybridized carbons (Fsp3) is 0.455. The molecule has 0 saturated carbocycles. The molecule has 1 aromatic rings. The third kappa shape index (κ3) is 0.996. The third-order valence-electron chi connectivity index (χ3n) is 3.09. The maximum absolute atomic E-state index is 5.72. The summed E-state index contributed by atoms with van der Waals surface area (Å²) in [6.45, 7) is 3.63. The van der Waals surface area contributed by atoms with Gasteiger partial charge in [-0.05, 0) is 6.07 Å². The molecule has 74 valence electrons. The molecule has 0 bridgehead atoms. The minimum atomic E-state index is 0.0777. The van der Waals surface area contributed by atoms with E-state index in [9.17, 15) is 0 Å².